The zero-order chi connectivity index (χ0) is 15.4. The summed E-state index contributed by atoms with van der Waals surface area (Å²) in [7, 11) is 0. The van der Waals surface area contributed by atoms with Crippen LogP contribution in [-0.2, 0) is 6.54 Å². The molecule has 0 aliphatic carbocycles. The highest BCUT2D eigenvalue weighted by Gasteiger charge is 2.17. The average Bonchev–Trinajstić information content (AvgIpc) is 2.56. The molecule has 0 saturated carbocycles. The van der Waals surface area contributed by atoms with Gasteiger partial charge in [0.05, 0.1) is 0 Å². The van der Waals surface area contributed by atoms with Gasteiger partial charge in [-0.1, -0.05) is 36.4 Å². The molecule has 0 amide bonds. The summed E-state index contributed by atoms with van der Waals surface area (Å²) in [4.78, 5) is 15.0. The Labute approximate surface area is 134 Å². The molecule has 1 heterocycles. The Balaban J connectivity index is 1.85. The first-order valence-corrected chi connectivity index (χ1v) is 8.58. The molecule has 0 unspecified atom stereocenters. The van der Waals surface area contributed by atoms with Crippen molar-refractivity contribution in [3.8, 4) is 0 Å². The van der Waals surface area contributed by atoms with Gasteiger partial charge in [0.15, 0.2) is 5.78 Å². The third kappa shape index (κ3) is 3.57. The zero-order valence-corrected chi connectivity index (χ0v) is 13.1. The smallest absolute Gasteiger partial charge is 0.193 e. The summed E-state index contributed by atoms with van der Waals surface area (Å²) in [5.74, 6) is 1.79. The average molecular weight is 315 g/mol. The van der Waals surface area contributed by atoms with Crippen LogP contribution in [0.15, 0.2) is 48.5 Å². The second-order valence-electron chi connectivity index (χ2n) is 5.39. The fourth-order valence-corrected chi connectivity index (χ4v) is 3.64. The van der Waals surface area contributed by atoms with Gasteiger partial charge in [-0.25, -0.2) is 4.39 Å². The summed E-state index contributed by atoms with van der Waals surface area (Å²) < 4.78 is 13.4. The predicted molar refractivity (Wildman–Crippen MR) is 88.9 cm³/mol. The van der Waals surface area contributed by atoms with E-state index in [1.165, 1.54) is 12.1 Å². The maximum Gasteiger partial charge on any atom is 0.193 e. The van der Waals surface area contributed by atoms with Gasteiger partial charge in [0.1, 0.15) is 5.82 Å². The first-order chi connectivity index (χ1) is 10.7. The van der Waals surface area contributed by atoms with Crippen molar-refractivity contribution >= 4 is 17.5 Å². The van der Waals surface area contributed by atoms with E-state index in [0.29, 0.717) is 11.1 Å². The quantitative estimate of drug-likeness (QED) is 0.804. The molecule has 1 saturated heterocycles. The zero-order valence-electron chi connectivity index (χ0n) is 12.3. The van der Waals surface area contributed by atoms with Crippen LogP contribution < -0.4 is 0 Å². The summed E-state index contributed by atoms with van der Waals surface area (Å²) in [5.41, 5.74) is 2.09. The normalized spacial score (nSPS) is 15.7. The molecule has 0 bridgehead atoms. The van der Waals surface area contributed by atoms with E-state index in [4.69, 9.17) is 0 Å². The fraction of sp³-hybridized carbons (Fsp3) is 0.278. The van der Waals surface area contributed by atoms with Gasteiger partial charge in [0.2, 0.25) is 0 Å². The minimum Gasteiger partial charge on any atom is -0.297 e. The van der Waals surface area contributed by atoms with Gasteiger partial charge in [-0.05, 0) is 17.7 Å². The molecule has 2 aromatic rings. The van der Waals surface area contributed by atoms with Crippen molar-refractivity contribution < 1.29 is 9.18 Å². The van der Waals surface area contributed by atoms with Crippen LogP contribution in [0.25, 0.3) is 0 Å². The molecule has 0 N–H and O–H groups in total. The highest BCUT2D eigenvalue weighted by molar-refractivity contribution is 7.99. The van der Waals surface area contributed by atoms with E-state index in [1.807, 2.05) is 36.0 Å². The van der Waals surface area contributed by atoms with Crippen molar-refractivity contribution in [2.24, 2.45) is 0 Å². The molecule has 1 aliphatic heterocycles. The lowest BCUT2D eigenvalue weighted by atomic mass is 9.98. The summed E-state index contributed by atoms with van der Waals surface area (Å²) >= 11 is 1.97. The van der Waals surface area contributed by atoms with Gasteiger partial charge in [0.25, 0.3) is 0 Å². The molecule has 1 fully saturated rings. The van der Waals surface area contributed by atoms with Crippen LogP contribution in [0.3, 0.4) is 0 Å². The maximum absolute atomic E-state index is 13.4. The number of ketones is 1. The Bertz CT molecular complexity index is 668. The number of benzene rings is 2. The van der Waals surface area contributed by atoms with Crippen LogP contribution in [-0.4, -0.2) is 35.3 Å². The topological polar surface area (TPSA) is 20.3 Å². The first-order valence-electron chi connectivity index (χ1n) is 7.42. The molecule has 0 atom stereocenters. The minimum atomic E-state index is -0.378. The summed E-state index contributed by atoms with van der Waals surface area (Å²) in [6.07, 6.45) is 0. The highest BCUT2D eigenvalue weighted by atomic mass is 32.2. The van der Waals surface area contributed by atoms with Gasteiger partial charge in [-0.15, -0.1) is 0 Å². The molecular weight excluding hydrogens is 297 g/mol. The van der Waals surface area contributed by atoms with Crippen LogP contribution in [0.2, 0.25) is 0 Å². The van der Waals surface area contributed by atoms with E-state index in [2.05, 4.69) is 4.90 Å². The maximum atomic E-state index is 13.4. The lowest BCUT2D eigenvalue weighted by molar-refractivity contribution is 0.103. The number of hydrogen-bond acceptors (Lipinski definition) is 3. The van der Waals surface area contributed by atoms with E-state index in [0.717, 1.165) is 36.7 Å². The molecule has 0 radical (unpaired) electrons. The minimum absolute atomic E-state index is 0.110. The molecule has 22 heavy (non-hydrogen) atoms. The van der Waals surface area contributed by atoms with Crippen LogP contribution in [0.1, 0.15) is 21.5 Å². The van der Waals surface area contributed by atoms with Gasteiger partial charge in [-0.2, -0.15) is 11.8 Å². The SMILES string of the molecule is O=C(c1cccc(F)c1)c1ccccc1CN1CCSCC1. The lowest BCUT2D eigenvalue weighted by Crippen LogP contribution is -2.32. The van der Waals surface area contributed by atoms with Crippen molar-refractivity contribution in [3.05, 3.63) is 71.0 Å². The van der Waals surface area contributed by atoms with E-state index < -0.39 is 0 Å². The Morgan fingerprint density at radius 3 is 2.64 bits per heavy atom. The summed E-state index contributed by atoms with van der Waals surface area (Å²) in [6, 6.07) is 13.5. The molecule has 2 nitrogen and oxygen atoms in total. The number of hydrogen-bond donors (Lipinski definition) is 0. The van der Waals surface area contributed by atoms with Gasteiger partial charge >= 0.3 is 0 Å². The molecule has 4 heteroatoms. The number of carbonyl (C=O) groups is 1. The van der Waals surface area contributed by atoms with Crippen LogP contribution >= 0.6 is 11.8 Å². The third-order valence-electron chi connectivity index (χ3n) is 3.85. The molecule has 114 valence electrons. The Morgan fingerprint density at radius 2 is 1.86 bits per heavy atom. The Hall–Kier alpha value is -1.65. The van der Waals surface area contributed by atoms with E-state index in [1.54, 1.807) is 12.1 Å². The van der Waals surface area contributed by atoms with Crippen LogP contribution in [0.5, 0.6) is 0 Å². The predicted octanol–water partition coefficient (Wildman–Crippen LogP) is 3.61. The number of halogens is 1. The van der Waals surface area contributed by atoms with Crippen LogP contribution in [0, 0.1) is 5.82 Å². The van der Waals surface area contributed by atoms with Gasteiger partial charge < -0.3 is 0 Å². The van der Waals surface area contributed by atoms with E-state index in [-0.39, 0.29) is 11.6 Å². The van der Waals surface area contributed by atoms with Crippen LogP contribution in [0.4, 0.5) is 4.39 Å². The monoisotopic (exact) mass is 315 g/mol. The number of nitrogens with zero attached hydrogens (tertiary/aromatic N) is 1. The fourth-order valence-electron chi connectivity index (χ4n) is 2.67. The second kappa shape index (κ2) is 7.07. The molecule has 0 aromatic heterocycles. The number of thioether (sulfide) groups is 1. The van der Waals surface area contributed by atoms with Crippen molar-refractivity contribution in [2.75, 3.05) is 24.6 Å². The highest BCUT2D eigenvalue weighted by Crippen LogP contribution is 2.19. The Kier molecular flexibility index (Phi) is 4.90. The van der Waals surface area contributed by atoms with Gasteiger partial charge in [-0.3, -0.25) is 9.69 Å². The molecular formula is C18H18FNOS. The van der Waals surface area contributed by atoms with Crippen molar-refractivity contribution in [1.82, 2.24) is 4.90 Å². The third-order valence-corrected chi connectivity index (χ3v) is 4.79. The largest absolute Gasteiger partial charge is 0.297 e. The van der Waals surface area contributed by atoms with E-state index >= 15 is 0 Å². The number of carbonyl (C=O) groups excluding carboxylic acids is 1. The van der Waals surface area contributed by atoms with Crippen molar-refractivity contribution in [3.63, 3.8) is 0 Å². The summed E-state index contributed by atoms with van der Waals surface area (Å²) in [5, 5.41) is 0. The van der Waals surface area contributed by atoms with E-state index in [9.17, 15) is 9.18 Å². The second-order valence-corrected chi connectivity index (χ2v) is 6.61. The summed E-state index contributed by atoms with van der Waals surface area (Å²) in [6.45, 7) is 2.87. The number of rotatable bonds is 4. The molecule has 3 rings (SSSR count). The molecule has 0 spiro atoms. The van der Waals surface area contributed by atoms with Gasteiger partial charge in [0, 0.05) is 42.3 Å². The first kappa shape index (κ1) is 15.3. The Morgan fingerprint density at radius 1 is 1.09 bits per heavy atom. The van der Waals surface area contributed by atoms with Crippen molar-refractivity contribution in [1.29, 1.82) is 0 Å². The van der Waals surface area contributed by atoms with Crippen molar-refractivity contribution in [2.45, 2.75) is 6.54 Å². The lowest BCUT2D eigenvalue weighted by Gasteiger charge is -2.26. The molecule has 1 aliphatic rings. The standard InChI is InChI=1S/C18H18FNOS/c19-16-6-3-5-14(12-16)18(21)17-7-2-1-4-15(17)13-20-8-10-22-11-9-20/h1-7,12H,8-11,13H2. The molecule has 2 aromatic carbocycles.